The quantitative estimate of drug-likeness (QED) is 0.449. The van der Waals surface area contributed by atoms with Crippen LogP contribution >= 0.6 is 0 Å². The summed E-state index contributed by atoms with van der Waals surface area (Å²) in [5, 5.41) is 1.28. The highest BCUT2D eigenvalue weighted by molar-refractivity contribution is 5.78. The average molecular weight is 356 g/mol. The zero-order valence-corrected chi connectivity index (χ0v) is 18.5. The Bertz CT molecular complexity index is 588. The van der Waals surface area contributed by atoms with Gasteiger partial charge in [-0.2, -0.15) is 0 Å². The normalized spacial score (nSPS) is 8.88. The van der Waals surface area contributed by atoms with Gasteiger partial charge in [-0.15, -0.1) is 0 Å². The Morgan fingerprint density at radius 3 is 1.50 bits per heavy atom. The number of aromatic nitrogens is 1. The van der Waals surface area contributed by atoms with Crippen LogP contribution in [0.15, 0.2) is 66.9 Å². The van der Waals surface area contributed by atoms with Crippen LogP contribution in [0, 0.1) is 5.92 Å². The van der Waals surface area contributed by atoms with Crippen molar-refractivity contribution in [3.05, 3.63) is 72.4 Å². The van der Waals surface area contributed by atoms with Crippen molar-refractivity contribution in [2.45, 2.75) is 68.2 Å². The van der Waals surface area contributed by atoms with E-state index in [0.717, 1.165) is 5.92 Å². The lowest BCUT2D eigenvalue weighted by Gasteiger charge is -2.01. The molecular weight excluding hydrogens is 314 g/mol. The lowest BCUT2D eigenvalue weighted by atomic mass is 10.0. The Morgan fingerprint density at radius 1 is 0.615 bits per heavy atom. The van der Waals surface area contributed by atoms with Crippen molar-refractivity contribution < 1.29 is 0 Å². The molecule has 1 nitrogen and oxygen atoms in total. The Hall–Kier alpha value is -2.02. The summed E-state index contributed by atoms with van der Waals surface area (Å²) in [5.41, 5.74) is 2.62. The van der Waals surface area contributed by atoms with Gasteiger partial charge in [0, 0.05) is 11.7 Å². The first-order valence-electron chi connectivity index (χ1n) is 10.1. The Kier molecular flexibility index (Phi) is 17.9. The monoisotopic (exact) mass is 355 g/mol. The second-order valence-electron chi connectivity index (χ2n) is 6.36. The summed E-state index contributed by atoms with van der Waals surface area (Å²) in [6, 6.07) is 20.8. The molecule has 0 saturated carbocycles. The van der Waals surface area contributed by atoms with E-state index in [-0.39, 0.29) is 0 Å². The van der Waals surface area contributed by atoms with Gasteiger partial charge < -0.3 is 4.98 Å². The van der Waals surface area contributed by atoms with Gasteiger partial charge in [-0.05, 0) is 34.9 Å². The van der Waals surface area contributed by atoms with Crippen molar-refractivity contribution in [2.75, 3.05) is 0 Å². The molecule has 0 atom stereocenters. The molecule has 0 radical (unpaired) electrons. The summed E-state index contributed by atoms with van der Waals surface area (Å²) in [6.45, 7) is 18.9. The SMILES string of the molecule is CC.CC.CC(C)C.CC(C)c1ccccc1.c1ccc2[nH]ccc2c1. The van der Waals surface area contributed by atoms with Gasteiger partial charge in [-0.25, -0.2) is 0 Å². The van der Waals surface area contributed by atoms with Crippen LogP contribution in [0.1, 0.15) is 73.8 Å². The number of benzene rings is 2. The summed E-state index contributed by atoms with van der Waals surface area (Å²) < 4.78 is 0. The number of aromatic amines is 1. The van der Waals surface area contributed by atoms with Crippen LogP contribution in [-0.2, 0) is 0 Å². The molecule has 0 saturated heterocycles. The summed E-state index contributed by atoms with van der Waals surface area (Å²) in [6.07, 6.45) is 1.95. The fraction of sp³-hybridized carbons (Fsp3) is 0.440. The van der Waals surface area contributed by atoms with Crippen molar-refractivity contribution in [1.82, 2.24) is 4.98 Å². The Balaban J connectivity index is 0. The van der Waals surface area contributed by atoms with Gasteiger partial charge in [-0.3, -0.25) is 0 Å². The standard InChI is InChI=1S/C9H12.C8H7N.C4H10.2C2H6/c1-8(2)9-6-4-3-5-7-9;1-2-4-8-7(3-1)5-6-9-8;1-4(2)3;2*1-2/h3-8H,1-2H3;1-6,9H;4H,1-3H3;2*1-2H3. The molecule has 0 amide bonds. The second kappa shape index (κ2) is 17.8. The summed E-state index contributed by atoms with van der Waals surface area (Å²) in [5.74, 6) is 1.49. The van der Waals surface area contributed by atoms with Gasteiger partial charge in [-0.1, -0.05) is 111 Å². The van der Waals surface area contributed by atoms with Crippen molar-refractivity contribution in [3.8, 4) is 0 Å². The Labute approximate surface area is 162 Å². The van der Waals surface area contributed by atoms with Crippen LogP contribution in [0.4, 0.5) is 0 Å². The number of H-pyrrole nitrogens is 1. The highest BCUT2D eigenvalue weighted by Crippen LogP contribution is 2.11. The summed E-state index contributed by atoms with van der Waals surface area (Å²) in [4.78, 5) is 3.12. The first kappa shape index (κ1) is 26.2. The van der Waals surface area contributed by atoms with Crippen molar-refractivity contribution in [1.29, 1.82) is 0 Å². The first-order valence-corrected chi connectivity index (χ1v) is 10.1. The van der Waals surface area contributed by atoms with Gasteiger partial charge in [0.2, 0.25) is 0 Å². The van der Waals surface area contributed by atoms with E-state index >= 15 is 0 Å². The maximum Gasteiger partial charge on any atom is 0.0453 e. The summed E-state index contributed by atoms with van der Waals surface area (Å²) in [7, 11) is 0. The minimum atomic E-state index is 0.659. The van der Waals surface area contributed by atoms with Gasteiger partial charge in [0.1, 0.15) is 0 Å². The lowest BCUT2D eigenvalue weighted by molar-refractivity contribution is 0.737. The van der Waals surface area contributed by atoms with Crippen molar-refractivity contribution in [3.63, 3.8) is 0 Å². The molecule has 3 rings (SSSR count). The van der Waals surface area contributed by atoms with E-state index in [2.05, 4.69) is 82.1 Å². The zero-order valence-electron chi connectivity index (χ0n) is 18.5. The van der Waals surface area contributed by atoms with E-state index < -0.39 is 0 Å². The molecule has 1 heteroatoms. The second-order valence-corrected chi connectivity index (χ2v) is 6.36. The third kappa shape index (κ3) is 13.3. The van der Waals surface area contributed by atoms with E-state index in [1.165, 1.54) is 16.5 Å². The molecule has 0 aliphatic heterocycles. The van der Waals surface area contributed by atoms with E-state index in [9.17, 15) is 0 Å². The van der Waals surface area contributed by atoms with Crippen molar-refractivity contribution in [2.24, 2.45) is 5.92 Å². The molecule has 0 spiro atoms. The fourth-order valence-corrected chi connectivity index (χ4v) is 1.83. The van der Waals surface area contributed by atoms with E-state index in [1.807, 2.05) is 52.1 Å². The van der Waals surface area contributed by atoms with E-state index in [0.29, 0.717) is 5.92 Å². The molecule has 2 aromatic carbocycles. The molecule has 26 heavy (non-hydrogen) atoms. The number of nitrogens with one attached hydrogen (secondary N) is 1. The molecule has 0 fully saturated rings. The van der Waals surface area contributed by atoms with Crippen LogP contribution < -0.4 is 0 Å². The minimum Gasteiger partial charge on any atom is -0.361 e. The number of rotatable bonds is 1. The highest BCUT2D eigenvalue weighted by atomic mass is 14.7. The third-order valence-corrected chi connectivity index (χ3v) is 2.93. The first-order chi connectivity index (χ1) is 12.5. The molecular formula is C25H41N. The van der Waals surface area contributed by atoms with Crippen molar-refractivity contribution >= 4 is 10.9 Å². The maximum atomic E-state index is 3.12. The van der Waals surface area contributed by atoms with Gasteiger partial charge in [0.15, 0.2) is 0 Å². The zero-order chi connectivity index (χ0) is 20.4. The van der Waals surface area contributed by atoms with Crippen LogP contribution in [0.25, 0.3) is 10.9 Å². The molecule has 0 aliphatic rings. The van der Waals surface area contributed by atoms with Gasteiger partial charge in [0.05, 0.1) is 0 Å². The number of hydrogen-bond acceptors (Lipinski definition) is 0. The van der Waals surface area contributed by atoms with Crippen LogP contribution in [0.2, 0.25) is 0 Å². The molecule has 1 N–H and O–H groups in total. The maximum absolute atomic E-state index is 3.12. The molecule has 146 valence electrons. The third-order valence-electron chi connectivity index (χ3n) is 2.93. The molecule has 3 aromatic rings. The van der Waals surface area contributed by atoms with Gasteiger partial charge >= 0.3 is 0 Å². The average Bonchev–Trinajstić information content (AvgIpc) is 3.15. The predicted molar refractivity (Wildman–Crippen MR) is 122 cm³/mol. The smallest absolute Gasteiger partial charge is 0.0453 e. The lowest BCUT2D eigenvalue weighted by Crippen LogP contribution is -1.83. The molecule has 0 bridgehead atoms. The molecule has 0 aliphatic carbocycles. The largest absolute Gasteiger partial charge is 0.361 e. The van der Waals surface area contributed by atoms with E-state index in [1.54, 1.807) is 0 Å². The number of fused-ring (bicyclic) bond motifs is 1. The molecule has 1 heterocycles. The molecule has 0 unspecified atom stereocenters. The fourth-order valence-electron chi connectivity index (χ4n) is 1.83. The highest BCUT2D eigenvalue weighted by Gasteiger charge is 1.93. The van der Waals surface area contributed by atoms with E-state index in [4.69, 9.17) is 0 Å². The predicted octanol–water partition coefficient (Wildman–Crippen LogP) is 8.69. The number of para-hydroxylation sites is 1. The summed E-state index contributed by atoms with van der Waals surface area (Å²) >= 11 is 0. The molecule has 1 aromatic heterocycles. The van der Waals surface area contributed by atoms with Gasteiger partial charge in [0.25, 0.3) is 0 Å². The van der Waals surface area contributed by atoms with Crippen LogP contribution in [0.5, 0.6) is 0 Å². The minimum absolute atomic E-state index is 0.659. The van der Waals surface area contributed by atoms with Crippen LogP contribution in [0.3, 0.4) is 0 Å². The topological polar surface area (TPSA) is 15.8 Å². The number of hydrogen-bond donors (Lipinski definition) is 1. The van der Waals surface area contributed by atoms with Crippen LogP contribution in [-0.4, -0.2) is 4.98 Å². The Morgan fingerprint density at radius 2 is 1.08 bits per heavy atom.